The van der Waals surface area contributed by atoms with Gasteiger partial charge in [-0.3, -0.25) is 4.79 Å². The van der Waals surface area contributed by atoms with Gasteiger partial charge in [0.15, 0.2) is 0 Å². The molecular weight excluding hydrogens is 416 g/mol. The van der Waals surface area contributed by atoms with Crippen LogP contribution in [-0.4, -0.2) is 46.6 Å². The molecule has 0 aliphatic carbocycles. The topological polar surface area (TPSA) is 103 Å². The highest BCUT2D eigenvalue weighted by Crippen LogP contribution is 2.36. The van der Waals surface area contributed by atoms with Gasteiger partial charge in [-0.15, -0.1) is 11.8 Å². The predicted octanol–water partition coefficient (Wildman–Crippen LogP) is 3.34. The first-order valence-corrected chi connectivity index (χ1v) is 10.7. The molecule has 0 bridgehead atoms. The van der Waals surface area contributed by atoms with E-state index in [0.29, 0.717) is 34.4 Å². The number of ether oxygens (including phenoxy) is 2. The number of methoxy groups -OCH3 is 2. The Balaban J connectivity index is 1.73. The zero-order valence-electron chi connectivity index (χ0n) is 17.5. The van der Waals surface area contributed by atoms with E-state index >= 15 is 0 Å². The Morgan fingerprint density at radius 1 is 1.16 bits per heavy atom. The number of carbonyl (C=O) groups excluding carboxylic acids is 1. The molecule has 9 nitrogen and oxygen atoms in total. The molecule has 0 spiro atoms. The van der Waals surface area contributed by atoms with Gasteiger partial charge in [0.1, 0.15) is 17.5 Å². The van der Waals surface area contributed by atoms with Crippen molar-refractivity contribution in [1.82, 2.24) is 20.2 Å². The van der Waals surface area contributed by atoms with E-state index < -0.39 is 6.04 Å². The Hall–Kier alpha value is -3.53. The summed E-state index contributed by atoms with van der Waals surface area (Å²) in [6.45, 7) is 1.83. The van der Waals surface area contributed by atoms with Gasteiger partial charge in [-0.1, -0.05) is 17.2 Å². The monoisotopic (exact) mass is 438 g/mol. The minimum Gasteiger partial charge on any atom is -0.497 e. The summed E-state index contributed by atoms with van der Waals surface area (Å²) in [6.07, 6.45) is 2.02. The fourth-order valence-corrected chi connectivity index (χ4v) is 3.90. The Kier molecular flexibility index (Phi) is 5.81. The van der Waals surface area contributed by atoms with Gasteiger partial charge in [-0.2, -0.15) is 4.68 Å². The minimum absolute atomic E-state index is 0.284. The number of tetrazole rings is 1. The van der Waals surface area contributed by atoms with Crippen molar-refractivity contribution >= 4 is 29.3 Å². The van der Waals surface area contributed by atoms with Gasteiger partial charge in [-0.25, -0.2) is 0 Å². The van der Waals surface area contributed by atoms with Crippen molar-refractivity contribution in [3.63, 3.8) is 0 Å². The molecule has 1 aliphatic rings. The summed E-state index contributed by atoms with van der Waals surface area (Å²) in [7, 11) is 3.12. The van der Waals surface area contributed by atoms with Crippen molar-refractivity contribution in [2.24, 2.45) is 0 Å². The molecule has 2 aromatic carbocycles. The third-order valence-electron chi connectivity index (χ3n) is 5.05. The first-order chi connectivity index (χ1) is 15.0. The van der Waals surface area contributed by atoms with Crippen LogP contribution in [0.15, 0.2) is 58.6 Å². The van der Waals surface area contributed by atoms with Crippen LogP contribution in [0.5, 0.6) is 11.5 Å². The van der Waals surface area contributed by atoms with Crippen molar-refractivity contribution < 1.29 is 14.3 Å². The van der Waals surface area contributed by atoms with Crippen molar-refractivity contribution in [2.45, 2.75) is 17.9 Å². The first-order valence-electron chi connectivity index (χ1n) is 9.48. The lowest BCUT2D eigenvalue weighted by Crippen LogP contribution is -2.31. The summed E-state index contributed by atoms with van der Waals surface area (Å²) in [6, 6.07) is 12.7. The summed E-state index contributed by atoms with van der Waals surface area (Å²) < 4.78 is 12.3. The number of nitrogens with one attached hydrogen (secondary N) is 2. The second-order valence-electron chi connectivity index (χ2n) is 6.81. The molecule has 1 atom stereocenters. The number of allylic oxidation sites excluding steroid dienone is 1. The molecule has 0 radical (unpaired) electrons. The maximum atomic E-state index is 13.5. The quantitative estimate of drug-likeness (QED) is 0.565. The number of anilines is 2. The van der Waals surface area contributed by atoms with Crippen molar-refractivity contribution in [3.8, 4) is 11.5 Å². The second-order valence-corrected chi connectivity index (χ2v) is 7.69. The minimum atomic E-state index is -0.480. The van der Waals surface area contributed by atoms with E-state index in [-0.39, 0.29) is 5.91 Å². The van der Waals surface area contributed by atoms with Gasteiger partial charge in [0.25, 0.3) is 5.91 Å². The van der Waals surface area contributed by atoms with Crippen LogP contribution < -0.4 is 20.1 Å². The lowest BCUT2D eigenvalue weighted by Gasteiger charge is -2.28. The lowest BCUT2D eigenvalue weighted by atomic mass is 9.95. The Bertz CT molecular complexity index is 1140. The number of hydrogen-bond acceptors (Lipinski definition) is 8. The van der Waals surface area contributed by atoms with Crippen LogP contribution in [0.3, 0.4) is 0 Å². The van der Waals surface area contributed by atoms with E-state index in [0.717, 1.165) is 10.5 Å². The normalized spacial score (nSPS) is 15.2. The zero-order valence-corrected chi connectivity index (χ0v) is 18.4. The Labute approximate surface area is 183 Å². The van der Waals surface area contributed by atoms with E-state index in [1.165, 1.54) is 0 Å². The highest BCUT2D eigenvalue weighted by Gasteiger charge is 2.34. The molecule has 2 heterocycles. The SMILES string of the molecule is COc1ccc(NC(=O)C2=C(C)Nc3nnnn3[C@H]2c2ccc(SC)cc2)c(OC)c1. The third kappa shape index (κ3) is 3.93. The third-order valence-corrected chi connectivity index (χ3v) is 5.79. The Morgan fingerprint density at radius 3 is 2.61 bits per heavy atom. The fourth-order valence-electron chi connectivity index (χ4n) is 3.49. The summed E-state index contributed by atoms with van der Waals surface area (Å²) in [4.78, 5) is 14.6. The molecular formula is C21H22N6O3S. The van der Waals surface area contributed by atoms with E-state index in [9.17, 15) is 4.79 Å². The summed E-state index contributed by atoms with van der Waals surface area (Å²) in [5.74, 6) is 1.33. The van der Waals surface area contributed by atoms with Crippen LogP contribution >= 0.6 is 11.8 Å². The molecule has 1 aromatic heterocycles. The largest absolute Gasteiger partial charge is 0.497 e. The summed E-state index contributed by atoms with van der Waals surface area (Å²) in [5, 5.41) is 18.0. The molecule has 0 fully saturated rings. The van der Waals surface area contributed by atoms with Gasteiger partial charge in [0.2, 0.25) is 5.95 Å². The van der Waals surface area contributed by atoms with Crippen LogP contribution in [0.25, 0.3) is 0 Å². The fraction of sp³-hybridized carbons (Fsp3) is 0.238. The molecule has 2 N–H and O–H groups in total. The number of hydrogen-bond donors (Lipinski definition) is 2. The maximum Gasteiger partial charge on any atom is 0.255 e. The van der Waals surface area contributed by atoms with Crippen molar-refractivity contribution in [3.05, 3.63) is 59.3 Å². The maximum absolute atomic E-state index is 13.5. The highest BCUT2D eigenvalue weighted by atomic mass is 32.2. The van der Waals surface area contributed by atoms with Gasteiger partial charge in [0.05, 0.1) is 25.5 Å². The molecule has 31 heavy (non-hydrogen) atoms. The van der Waals surface area contributed by atoms with Gasteiger partial charge >= 0.3 is 0 Å². The van der Waals surface area contributed by atoms with Crippen molar-refractivity contribution in [1.29, 1.82) is 0 Å². The lowest BCUT2D eigenvalue weighted by molar-refractivity contribution is -0.113. The molecule has 0 saturated carbocycles. The molecule has 0 saturated heterocycles. The molecule has 1 aliphatic heterocycles. The van der Waals surface area contributed by atoms with Crippen LogP contribution in [0.4, 0.5) is 11.6 Å². The number of nitrogens with zero attached hydrogens (tertiary/aromatic N) is 4. The van der Waals surface area contributed by atoms with Crippen LogP contribution in [0.2, 0.25) is 0 Å². The van der Waals surface area contributed by atoms with Crippen LogP contribution in [0, 0.1) is 0 Å². The average molecular weight is 439 g/mol. The number of aromatic nitrogens is 4. The summed E-state index contributed by atoms with van der Waals surface area (Å²) in [5.41, 5.74) is 2.62. The van der Waals surface area contributed by atoms with Crippen molar-refractivity contribution in [2.75, 3.05) is 31.1 Å². The predicted molar refractivity (Wildman–Crippen MR) is 119 cm³/mol. The highest BCUT2D eigenvalue weighted by molar-refractivity contribution is 7.98. The molecule has 1 amide bonds. The zero-order chi connectivity index (χ0) is 22.0. The van der Waals surface area contributed by atoms with Gasteiger partial charge < -0.3 is 20.1 Å². The molecule has 10 heteroatoms. The number of benzene rings is 2. The number of amides is 1. The molecule has 3 aromatic rings. The number of thioether (sulfide) groups is 1. The molecule has 0 unspecified atom stereocenters. The second kappa shape index (κ2) is 8.68. The summed E-state index contributed by atoms with van der Waals surface area (Å²) >= 11 is 1.65. The standard InChI is InChI=1S/C21H22N6O3S/c1-12-18(20(28)23-16-10-7-14(29-2)11-17(16)30-3)19(27-21(22-12)24-25-26-27)13-5-8-15(31-4)9-6-13/h5-11,19H,1-4H3,(H,23,28)(H,22,24,26)/t19-/m0/s1. The average Bonchev–Trinajstić information content (AvgIpc) is 3.26. The van der Waals surface area contributed by atoms with E-state index in [4.69, 9.17) is 9.47 Å². The van der Waals surface area contributed by atoms with Crippen LogP contribution in [0.1, 0.15) is 18.5 Å². The molecule has 4 rings (SSSR count). The Morgan fingerprint density at radius 2 is 1.94 bits per heavy atom. The van der Waals surface area contributed by atoms with E-state index in [1.54, 1.807) is 48.9 Å². The smallest absolute Gasteiger partial charge is 0.255 e. The van der Waals surface area contributed by atoms with E-state index in [2.05, 4.69) is 26.2 Å². The number of rotatable bonds is 6. The van der Waals surface area contributed by atoms with E-state index in [1.807, 2.05) is 37.4 Å². The first kappa shape index (κ1) is 20.7. The van der Waals surface area contributed by atoms with Gasteiger partial charge in [-0.05, 0) is 53.4 Å². The van der Waals surface area contributed by atoms with Crippen LogP contribution in [-0.2, 0) is 4.79 Å². The van der Waals surface area contributed by atoms with Gasteiger partial charge in [0, 0.05) is 16.7 Å². The number of fused-ring (bicyclic) bond motifs is 1. The molecule has 160 valence electrons. The number of carbonyl (C=O) groups is 1.